The molecule has 2 heterocycles. The summed E-state index contributed by atoms with van der Waals surface area (Å²) in [6.07, 6.45) is 7.62. The number of anilines is 1. The minimum Gasteiger partial charge on any atom is -0.358 e. The van der Waals surface area contributed by atoms with Crippen molar-refractivity contribution >= 4 is 27.9 Å². The van der Waals surface area contributed by atoms with E-state index in [1.165, 1.54) is 30.6 Å². The standard InChI is InChI=1S/C13H18N4O2S/c1-2-15(10-6-4-3-5-7-10)11-12(17(18)19)16-8-9-20-13(16)14-11/h8-10H,2-7H2,1H3. The van der Waals surface area contributed by atoms with Crippen LogP contribution in [0.5, 0.6) is 0 Å². The van der Waals surface area contributed by atoms with Gasteiger partial charge in [0.1, 0.15) is 6.20 Å². The number of hydrogen-bond acceptors (Lipinski definition) is 5. The van der Waals surface area contributed by atoms with Crippen LogP contribution >= 0.6 is 11.3 Å². The zero-order valence-electron chi connectivity index (χ0n) is 11.5. The Balaban J connectivity index is 2.03. The van der Waals surface area contributed by atoms with Crippen LogP contribution in [0.2, 0.25) is 0 Å². The first-order valence-electron chi connectivity index (χ1n) is 7.09. The van der Waals surface area contributed by atoms with Crippen LogP contribution in [0, 0.1) is 10.1 Å². The Morgan fingerprint density at radius 3 is 2.90 bits per heavy atom. The van der Waals surface area contributed by atoms with Crippen LogP contribution in [-0.2, 0) is 0 Å². The molecule has 1 saturated carbocycles. The summed E-state index contributed by atoms with van der Waals surface area (Å²) < 4.78 is 1.59. The maximum absolute atomic E-state index is 11.4. The maximum Gasteiger partial charge on any atom is 0.373 e. The third-order valence-electron chi connectivity index (χ3n) is 4.02. The number of fused-ring (bicyclic) bond motifs is 1. The van der Waals surface area contributed by atoms with E-state index in [4.69, 9.17) is 0 Å². The molecule has 2 aromatic rings. The molecule has 0 radical (unpaired) electrons. The normalized spacial score (nSPS) is 16.6. The lowest BCUT2D eigenvalue weighted by Gasteiger charge is -2.33. The van der Waals surface area contributed by atoms with Crippen LogP contribution in [0.25, 0.3) is 4.96 Å². The van der Waals surface area contributed by atoms with Gasteiger partial charge in [0.25, 0.3) is 4.96 Å². The van der Waals surface area contributed by atoms with E-state index in [2.05, 4.69) is 9.88 Å². The SMILES string of the molecule is CCN(c1nc2sccn2c1[N+](=O)[O-])C1CCCCC1. The molecule has 7 heteroatoms. The largest absolute Gasteiger partial charge is 0.373 e. The molecule has 0 amide bonds. The molecular weight excluding hydrogens is 276 g/mol. The van der Waals surface area contributed by atoms with E-state index in [0.717, 1.165) is 19.4 Å². The van der Waals surface area contributed by atoms with Crippen LogP contribution < -0.4 is 4.90 Å². The van der Waals surface area contributed by atoms with Crippen molar-refractivity contribution in [3.05, 3.63) is 21.7 Å². The average Bonchev–Trinajstić information content (AvgIpc) is 3.01. The van der Waals surface area contributed by atoms with E-state index >= 15 is 0 Å². The van der Waals surface area contributed by atoms with Gasteiger partial charge in [0.15, 0.2) is 0 Å². The van der Waals surface area contributed by atoms with Crippen LogP contribution in [0.4, 0.5) is 11.6 Å². The Bertz CT molecular complexity index is 615. The molecule has 6 nitrogen and oxygen atoms in total. The number of rotatable bonds is 4. The van der Waals surface area contributed by atoms with Gasteiger partial charge in [-0.15, -0.1) is 0 Å². The summed E-state index contributed by atoms with van der Waals surface area (Å²) in [5, 5.41) is 13.3. The summed E-state index contributed by atoms with van der Waals surface area (Å²) in [4.78, 5) is 18.4. The van der Waals surface area contributed by atoms with Crippen molar-refractivity contribution < 1.29 is 4.92 Å². The quantitative estimate of drug-likeness (QED) is 0.640. The molecule has 1 aliphatic rings. The van der Waals surface area contributed by atoms with Crippen molar-refractivity contribution in [1.82, 2.24) is 9.38 Å². The minimum atomic E-state index is -0.312. The molecule has 0 N–H and O–H groups in total. The Kier molecular flexibility index (Phi) is 3.60. The molecule has 0 spiro atoms. The number of nitro groups is 1. The molecule has 108 valence electrons. The zero-order chi connectivity index (χ0) is 14.1. The molecule has 0 atom stereocenters. The van der Waals surface area contributed by atoms with Crippen LogP contribution in [0.15, 0.2) is 11.6 Å². The second kappa shape index (κ2) is 5.40. The molecule has 0 saturated heterocycles. The summed E-state index contributed by atoms with van der Waals surface area (Å²) in [5.41, 5.74) is 0. The minimum absolute atomic E-state index is 0.105. The van der Waals surface area contributed by atoms with Crippen molar-refractivity contribution in [3.63, 3.8) is 0 Å². The van der Waals surface area contributed by atoms with Gasteiger partial charge in [-0.1, -0.05) is 30.6 Å². The van der Waals surface area contributed by atoms with Crippen LogP contribution in [0.1, 0.15) is 39.0 Å². The topological polar surface area (TPSA) is 63.7 Å². The zero-order valence-corrected chi connectivity index (χ0v) is 12.3. The molecule has 0 unspecified atom stereocenters. The fourth-order valence-corrected chi connectivity index (χ4v) is 3.80. The monoisotopic (exact) mass is 294 g/mol. The third-order valence-corrected chi connectivity index (χ3v) is 4.78. The highest BCUT2D eigenvalue weighted by atomic mass is 32.1. The lowest BCUT2D eigenvalue weighted by molar-refractivity contribution is -0.389. The highest BCUT2D eigenvalue weighted by Crippen LogP contribution is 2.34. The van der Waals surface area contributed by atoms with Crippen LogP contribution in [0.3, 0.4) is 0 Å². The van der Waals surface area contributed by atoms with Gasteiger partial charge in [-0.05, 0) is 24.7 Å². The number of hydrogen-bond donors (Lipinski definition) is 0. The molecule has 1 aliphatic carbocycles. The third kappa shape index (κ3) is 2.15. The van der Waals surface area contributed by atoms with Gasteiger partial charge in [0, 0.05) is 18.0 Å². The van der Waals surface area contributed by atoms with Crippen molar-refractivity contribution in [2.24, 2.45) is 0 Å². The van der Waals surface area contributed by atoms with E-state index in [1.54, 1.807) is 10.6 Å². The molecular formula is C13H18N4O2S. The molecule has 3 rings (SSSR count). The molecule has 0 aromatic carbocycles. The summed E-state index contributed by atoms with van der Waals surface area (Å²) in [5.74, 6) is 0.643. The summed E-state index contributed by atoms with van der Waals surface area (Å²) in [6.45, 7) is 2.81. The van der Waals surface area contributed by atoms with E-state index in [-0.39, 0.29) is 10.7 Å². The summed E-state index contributed by atoms with van der Waals surface area (Å²) >= 11 is 1.44. The molecule has 2 aromatic heterocycles. The predicted molar refractivity (Wildman–Crippen MR) is 79.6 cm³/mol. The Labute approximate surface area is 121 Å². The Morgan fingerprint density at radius 1 is 1.50 bits per heavy atom. The lowest BCUT2D eigenvalue weighted by Crippen LogP contribution is -2.37. The fraction of sp³-hybridized carbons (Fsp3) is 0.615. The number of aromatic nitrogens is 2. The number of nitrogens with zero attached hydrogens (tertiary/aromatic N) is 4. The van der Waals surface area contributed by atoms with Gasteiger partial charge in [-0.3, -0.25) is 0 Å². The number of imidazole rings is 1. The first kappa shape index (κ1) is 13.4. The summed E-state index contributed by atoms with van der Waals surface area (Å²) in [7, 11) is 0. The van der Waals surface area contributed by atoms with Gasteiger partial charge in [-0.2, -0.15) is 9.38 Å². The highest BCUT2D eigenvalue weighted by Gasteiger charge is 2.31. The van der Waals surface area contributed by atoms with Gasteiger partial charge < -0.3 is 15.0 Å². The fourth-order valence-electron chi connectivity index (χ4n) is 3.10. The van der Waals surface area contributed by atoms with Crippen LogP contribution in [-0.4, -0.2) is 26.9 Å². The molecule has 20 heavy (non-hydrogen) atoms. The van der Waals surface area contributed by atoms with Crippen molar-refractivity contribution in [2.45, 2.75) is 45.1 Å². The Hall–Kier alpha value is -1.63. The van der Waals surface area contributed by atoms with E-state index in [1.807, 2.05) is 12.3 Å². The molecule has 0 bridgehead atoms. The second-order valence-electron chi connectivity index (χ2n) is 5.15. The first-order valence-corrected chi connectivity index (χ1v) is 7.97. The van der Waals surface area contributed by atoms with Gasteiger partial charge >= 0.3 is 5.82 Å². The lowest BCUT2D eigenvalue weighted by atomic mass is 9.94. The summed E-state index contributed by atoms with van der Waals surface area (Å²) in [6, 6.07) is 0.386. The van der Waals surface area contributed by atoms with Gasteiger partial charge in [0.05, 0.1) is 0 Å². The van der Waals surface area contributed by atoms with E-state index in [9.17, 15) is 10.1 Å². The van der Waals surface area contributed by atoms with Gasteiger partial charge in [-0.25, -0.2) is 0 Å². The Morgan fingerprint density at radius 2 is 2.25 bits per heavy atom. The van der Waals surface area contributed by atoms with Gasteiger partial charge in [0.2, 0.25) is 5.82 Å². The number of thiazole rings is 1. The molecule has 0 aliphatic heterocycles. The van der Waals surface area contributed by atoms with Crippen molar-refractivity contribution in [2.75, 3.05) is 11.4 Å². The van der Waals surface area contributed by atoms with E-state index in [0.29, 0.717) is 16.8 Å². The predicted octanol–water partition coefficient (Wildman–Crippen LogP) is 3.46. The van der Waals surface area contributed by atoms with E-state index < -0.39 is 0 Å². The molecule has 1 fully saturated rings. The smallest absolute Gasteiger partial charge is 0.358 e. The highest BCUT2D eigenvalue weighted by molar-refractivity contribution is 7.15. The average molecular weight is 294 g/mol. The van der Waals surface area contributed by atoms with Crippen molar-refractivity contribution in [1.29, 1.82) is 0 Å². The second-order valence-corrected chi connectivity index (χ2v) is 6.02. The van der Waals surface area contributed by atoms with Crippen molar-refractivity contribution in [3.8, 4) is 0 Å². The first-order chi connectivity index (χ1) is 9.72. The maximum atomic E-state index is 11.4.